The summed E-state index contributed by atoms with van der Waals surface area (Å²) in [5.41, 5.74) is 1.85. The number of para-hydroxylation sites is 1. The lowest BCUT2D eigenvalue weighted by Gasteiger charge is -2.09. The van der Waals surface area contributed by atoms with Gasteiger partial charge in [0.25, 0.3) is 0 Å². The largest absolute Gasteiger partial charge is 0.457 e. The van der Waals surface area contributed by atoms with E-state index in [-0.39, 0.29) is 12.3 Å². The summed E-state index contributed by atoms with van der Waals surface area (Å²) in [6, 6.07) is 17.5. The zero-order valence-corrected chi connectivity index (χ0v) is 17.6. The summed E-state index contributed by atoms with van der Waals surface area (Å²) in [7, 11) is 0. The summed E-state index contributed by atoms with van der Waals surface area (Å²) in [5.74, 6) is 0.953. The van der Waals surface area contributed by atoms with Crippen molar-refractivity contribution in [3.63, 3.8) is 0 Å². The first-order chi connectivity index (χ1) is 14.7. The summed E-state index contributed by atoms with van der Waals surface area (Å²) in [5, 5.41) is 0.690. The van der Waals surface area contributed by atoms with Gasteiger partial charge in [0, 0.05) is 16.7 Å². The lowest BCUT2D eigenvalue weighted by Crippen LogP contribution is -2.09. The third kappa shape index (κ3) is 3.80. The SMILES string of the molecule is O=C(OCc1cccc(Oc2ccccc2)c1)c1ncnc2c1c(Br)cn2C1CC1. The first-order valence-electron chi connectivity index (χ1n) is 9.69. The predicted octanol–water partition coefficient (Wildman–Crippen LogP) is 5.68. The number of rotatable bonds is 6. The molecule has 1 fully saturated rings. The Hall–Kier alpha value is -3.19. The molecule has 0 N–H and O–H groups in total. The summed E-state index contributed by atoms with van der Waals surface area (Å²) in [6.45, 7) is 0.122. The molecule has 6 nitrogen and oxygen atoms in total. The lowest BCUT2D eigenvalue weighted by molar-refractivity contribution is 0.0468. The Balaban J connectivity index is 1.33. The average molecular weight is 464 g/mol. The van der Waals surface area contributed by atoms with Crippen LogP contribution in [0.4, 0.5) is 0 Å². The molecule has 1 aliphatic rings. The number of benzene rings is 2. The molecule has 1 saturated carbocycles. The van der Waals surface area contributed by atoms with E-state index >= 15 is 0 Å². The maximum Gasteiger partial charge on any atom is 0.358 e. The van der Waals surface area contributed by atoms with E-state index < -0.39 is 5.97 Å². The normalized spacial score (nSPS) is 13.4. The van der Waals surface area contributed by atoms with E-state index in [4.69, 9.17) is 9.47 Å². The van der Waals surface area contributed by atoms with Crippen molar-refractivity contribution in [3.05, 3.63) is 82.9 Å². The number of hydrogen-bond donors (Lipinski definition) is 0. The van der Waals surface area contributed by atoms with Crippen molar-refractivity contribution >= 4 is 32.9 Å². The zero-order chi connectivity index (χ0) is 20.5. The minimum atomic E-state index is -0.481. The molecular formula is C23H18BrN3O3. The van der Waals surface area contributed by atoms with Crippen molar-refractivity contribution < 1.29 is 14.3 Å². The Bertz CT molecular complexity index is 1220. The van der Waals surface area contributed by atoms with Gasteiger partial charge in [-0.15, -0.1) is 0 Å². The van der Waals surface area contributed by atoms with Gasteiger partial charge in [-0.2, -0.15) is 0 Å². The molecule has 0 atom stereocenters. The summed E-state index contributed by atoms with van der Waals surface area (Å²) >= 11 is 3.54. The van der Waals surface area contributed by atoms with E-state index in [9.17, 15) is 4.79 Å². The molecule has 4 aromatic rings. The zero-order valence-electron chi connectivity index (χ0n) is 16.0. The maximum atomic E-state index is 12.8. The van der Waals surface area contributed by atoms with Crippen LogP contribution in [0.5, 0.6) is 11.5 Å². The van der Waals surface area contributed by atoms with Crippen LogP contribution in [0.2, 0.25) is 0 Å². The standard InChI is InChI=1S/C23H18BrN3O3/c24-19-12-27(16-9-10-16)22-20(19)21(25-14-26-22)23(28)29-13-15-5-4-8-18(11-15)30-17-6-2-1-3-7-17/h1-8,11-12,14,16H,9-10,13H2. The Morgan fingerprint density at radius 2 is 1.87 bits per heavy atom. The van der Waals surface area contributed by atoms with Crippen LogP contribution < -0.4 is 4.74 Å². The number of halogens is 1. The Morgan fingerprint density at radius 1 is 1.07 bits per heavy atom. The second kappa shape index (κ2) is 7.91. The molecule has 1 aliphatic carbocycles. The third-order valence-electron chi connectivity index (χ3n) is 4.94. The van der Waals surface area contributed by atoms with Gasteiger partial charge in [0.2, 0.25) is 0 Å². The number of fused-ring (bicyclic) bond motifs is 1. The van der Waals surface area contributed by atoms with Crippen LogP contribution in [0.15, 0.2) is 71.6 Å². The van der Waals surface area contributed by atoms with Crippen LogP contribution >= 0.6 is 15.9 Å². The van der Waals surface area contributed by atoms with Crippen molar-refractivity contribution in [3.8, 4) is 11.5 Å². The van der Waals surface area contributed by atoms with Gasteiger partial charge in [0.15, 0.2) is 5.69 Å². The van der Waals surface area contributed by atoms with E-state index in [0.717, 1.165) is 34.3 Å². The van der Waals surface area contributed by atoms with Gasteiger partial charge in [-0.3, -0.25) is 0 Å². The smallest absolute Gasteiger partial charge is 0.358 e. The van der Waals surface area contributed by atoms with Crippen LogP contribution in [-0.2, 0) is 11.3 Å². The quantitative estimate of drug-likeness (QED) is 0.344. The molecule has 2 aromatic heterocycles. The molecule has 0 unspecified atom stereocenters. The van der Waals surface area contributed by atoms with Gasteiger partial charge in [-0.1, -0.05) is 30.3 Å². The molecule has 2 heterocycles. The molecule has 30 heavy (non-hydrogen) atoms. The van der Waals surface area contributed by atoms with E-state index in [2.05, 4.69) is 30.5 Å². The van der Waals surface area contributed by atoms with Gasteiger partial charge in [-0.25, -0.2) is 14.8 Å². The van der Waals surface area contributed by atoms with E-state index in [1.807, 2.05) is 60.8 Å². The second-order valence-corrected chi connectivity index (χ2v) is 8.03. The van der Waals surface area contributed by atoms with Crippen molar-refractivity contribution in [2.24, 2.45) is 0 Å². The monoisotopic (exact) mass is 463 g/mol. The van der Waals surface area contributed by atoms with Crippen molar-refractivity contribution in [1.29, 1.82) is 0 Å². The van der Waals surface area contributed by atoms with Gasteiger partial charge >= 0.3 is 5.97 Å². The minimum Gasteiger partial charge on any atom is -0.457 e. The van der Waals surface area contributed by atoms with E-state index in [1.54, 1.807) is 0 Å². The van der Waals surface area contributed by atoms with Gasteiger partial charge in [-0.05, 0) is 58.6 Å². The van der Waals surface area contributed by atoms with Crippen LogP contribution in [0, 0.1) is 0 Å². The maximum absolute atomic E-state index is 12.8. The molecule has 0 saturated heterocycles. The highest BCUT2D eigenvalue weighted by Crippen LogP contribution is 2.40. The van der Waals surface area contributed by atoms with E-state index in [1.165, 1.54) is 6.33 Å². The molecule has 0 bridgehead atoms. The topological polar surface area (TPSA) is 66.2 Å². The second-order valence-electron chi connectivity index (χ2n) is 7.18. The predicted molar refractivity (Wildman–Crippen MR) is 116 cm³/mol. The number of hydrogen-bond acceptors (Lipinski definition) is 5. The summed E-state index contributed by atoms with van der Waals surface area (Å²) in [6.07, 6.45) is 5.64. The summed E-state index contributed by atoms with van der Waals surface area (Å²) in [4.78, 5) is 21.3. The van der Waals surface area contributed by atoms with Gasteiger partial charge < -0.3 is 14.0 Å². The fraction of sp³-hybridized carbons (Fsp3) is 0.174. The summed E-state index contributed by atoms with van der Waals surface area (Å²) < 4.78 is 14.3. The third-order valence-corrected chi connectivity index (χ3v) is 5.55. The highest BCUT2D eigenvalue weighted by Gasteiger charge is 2.28. The molecule has 2 aromatic carbocycles. The highest BCUT2D eigenvalue weighted by molar-refractivity contribution is 9.10. The van der Waals surface area contributed by atoms with Crippen LogP contribution in [0.25, 0.3) is 11.0 Å². The molecule has 0 amide bonds. The number of ether oxygens (including phenoxy) is 2. The Morgan fingerprint density at radius 3 is 2.67 bits per heavy atom. The Kier molecular flexibility index (Phi) is 4.96. The lowest BCUT2D eigenvalue weighted by atomic mass is 10.2. The van der Waals surface area contributed by atoms with Gasteiger partial charge in [0.1, 0.15) is 30.1 Å². The first-order valence-corrected chi connectivity index (χ1v) is 10.5. The van der Waals surface area contributed by atoms with Crippen molar-refractivity contribution in [2.75, 3.05) is 0 Å². The molecule has 0 radical (unpaired) electrons. The molecule has 5 rings (SSSR count). The highest BCUT2D eigenvalue weighted by atomic mass is 79.9. The Labute approximate surface area is 181 Å². The van der Waals surface area contributed by atoms with E-state index in [0.29, 0.717) is 17.2 Å². The fourth-order valence-electron chi connectivity index (χ4n) is 3.37. The number of esters is 1. The average Bonchev–Trinajstić information content (AvgIpc) is 3.56. The molecular weight excluding hydrogens is 446 g/mol. The number of nitrogens with zero attached hydrogens (tertiary/aromatic N) is 3. The van der Waals surface area contributed by atoms with Crippen LogP contribution in [0.1, 0.15) is 34.9 Å². The first kappa shape index (κ1) is 18.8. The fourth-order valence-corrected chi connectivity index (χ4v) is 3.95. The van der Waals surface area contributed by atoms with Crippen LogP contribution in [-0.4, -0.2) is 20.5 Å². The molecule has 150 valence electrons. The molecule has 7 heteroatoms. The molecule has 0 spiro atoms. The number of carbonyl (C=O) groups excluding carboxylic acids is 1. The van der Waals surface area contributed by atoms with Crippen molar-refractivity contribution in [2.45, 2.75) is 25.5 Å². The number of aromatic nitrogens is 3. The van der Waals surface area contributed by atoms with Gasteiger partial charge in [0.05, 0.1) is 5.39 Å². The molecule has 0 aliphatic heterocycles. The van der Waals surface area contributed by atoms with Crippen molar-refractivity contribution in [1.82, 2.24) is 14.5 Å². The van der Waals surface area contributed by atoms with Crippen LogP contribution in [0.3, 0.4) is 0 Å². The minimum absolute atomic E-state index is 0.122. The number of carbonyl (C=O) groups is 1.